The summed E-state index contributed by atoms with van der Waals surface area (Å²) < 4.78 is 0. The van der Waals surface area contributed by atoms with E-state index < -0.39 is 0 Å². The van der Waals surface area contributed by atoms with Crippen molar-refractivity contribution in [2.45, 2.75) is 5.16 Å². The van der Waals surface area contributed by atoms with Crippen molar-refractivity contribution >= 4 is 23.7 Å². The molecule has 10 heavy (non-hydrogen) atoms. The Bertz CT molecular complexity index is 320. The van der Waals surface area contributed by atoms with Crippen molar-refractivity contribution < 1.29 is 0 Å². The lowest BCUT2D eigenvalue weighted by molar-refractivity contribution is 1.09. The van der Waals surface area contributed by atoms with Crippen molar-refractivity contribution in [3.05, 3.63) is 24.3 Å². The molecule has 0 unspecified atom stereocenters. The number of para-hydroxylation sites is 1. The van der Waals surface area contributed by atoms with Gasteiger partial charge in [0.15, 0.2) is 5.16 Å². The van der Waals surface area contributed by atoms with Gasteiger partial charge in [0.1, 0.15) is 0 Å². The first-order chi connectivity index (χ1) is 4.86. The highest BCUT2D eigenvalue weighted by Crippen LogP contribution is 2.10. The van der Waals surface area contributed by atoms with Crippen LogP contribution in [0.15, 0.2) is 23.4 Å². The number of benzene rings is 1. The van der Waals surface area contributed by atoms with Crippen LogP contribution in [0.2, 0.25) is 0 Å². The zero-order valence-electron chi connectivity index (χ0n) is 5.13. The molecule has 0 aliphatic heterocycles. The van der Waals surface area contributed by atoms with Gasteiger partial charge in [-0.05, 0) is 6.07 Å². The van der Waals surface area contributed by atoms with Crippen LogP contribution in [-0.2, 0) is 0 Å². The van der Waals surface area contributed by atoms with E-state index in [0.29, 0.717) is 5.16 Å². The minimum absolute atomic E-state index is 0.637. The van der Waals surface area contributed by atoms with E-state index in [2.05, 4.69) is 28.7 Å². The Kier molecular flexibility index (Phi) is 1.17. The number of nitrogens with one attached hydrogen (secondary N) is 1. The second-order valence-corrected chi connectivity index (χ2v) is 2.42. The molecule has 1 aromatic carbocycles. The SMILES string of the molecule is Sc1nc2[c]cccc2[nH]1. The minimum Gasteiger partial charge on any atom is -0.333 e. The average molecular weight is 149 g/mol. The fourth-order valence-electron chi connectivity index (χ4n) is 0.876. The molecule has 0 aliphatic rings. The fourth-order valence-corrected chi connectivity index (χ4v) is 1.10. The van der Waals surface area contributed by atoms with Crippen LogP contribution in [0.25, 0.3) is 11.0 Å². The van der Waals surface area contributed by atoms with Crippen molar-refractivity contribution in [3.63, 3.8) is 0 Å². The van der Waals surface area contributed by atoms with Crippen LogP contribution in [0.4, 0.5) is 0 Å². The molecule has 49 valence electrons. The minimum atomic E-state index is 0.637. The average Bonchev–Trinajstić information content (AvgIpc) is 2.27. The van der Waals surface area contributed by atoms with E-state index in [9.17, 15) is 0 Å². The molecule has 0 spiro atoms. The van der Waals surface area contributed by atoms with Crippen LogP contribution in [0, 0.1) is 6.07 Å². The summed E-state index contributed by atoms with van der Waals surface area (Å²) >= 11 is 4.06. The van der Waals surface area contributed by atoms with E-state index in [1.165, 1.54) is 0 Å². The fraction of sp³-hybridized carbons (Fsp3) is 0. The molecular formula is C7H5N2S. The maximum Gasteiger partial charge on any atom is 0.163 e. The number of hydrogen-bond donors (Lipinski definition) is 2. The summed E-state index contributed by atoms with van der Waals surface area (Å²) in [7, 11) is 0. The number of hydrogen-bond acceptors (Lipinski definition) is 2. The monoisotopic (exact) mass is 149 g/mol. The Balaban J connectivity index is 2.88. The van der Waals surface area contributed by atoms with Gasteiger partial charge in [0.05, 0.1) is 11.0 Å². The second-order valence-electron chi connectivity index (χ2n) is 1.99. The molecule has 0 aliphatic carbocycles. The molecule has 1 N–H and O–H groups in total. The molecule has 0 amide bonds. The first-order valence-corrected chi connectivity index (χ1v) is 3.36. The second kappa shape index (κ2) is 2.02. The Morgan fingerprint density at radius 3 is 3.30 bits per heavy atom. The molecular weight excluding hydrogens is 144 g/mol. The van der Waals surface area contributed by atoms with Gasteiger partial charge in [0.2, 0.25) is 0 Å². The number of rotatable bonds is 0. The summed E-state index contributed by atoms with van der Waals surface area (Å²) in [5.74, 6) is 0. The van der Waals surface area contributed by atoms with Crippen LogP contribution in [0.1, 0.15) is 0 Å². The molecule has 1 heterocycles. The van der Waals surface area contributed by atoms with Crippen molar-refractivity contribution in [3.8, 4) is 0 Å². The predicted molar refractivity (Wildman–Crippen MR) is 42.2 cm³/mol. The van der Waals surface area contributed by atoms with Gasteiger partial charge < -0.3 is 4.98 Å². The number of aromatic amines is 1. The van der Waals surface area contributed by atoms with Gasteiger partial charge in [-0.2, -0.15) is 0 Å². The number of imidazole rings is 1. The van der Waals surface area contributed by atoms with E-state index in [1.54, 1.807) is 0 Å². The van der Waals surface area contributed by atoms with Crippen LogP contribution in [0.3, 0.4) is 0 Å². The van der Waals surface area contributed by atoms with Crippen molar-refractivity contribution in [2.24, 2.45) is 0 Å². The number of aromatic nitrogens is 2. The maximum atomic E-state index is 4.07. The lowest BCUT2D eigenvalue weighted by Gasteiger charge is -1.80. The summed E-state index contributed by atoms with van der Waals surface area (Å²) in [6.07, 6.45) is 0. The molecule has 0 saturated heterocycles. The number of fused-ring (bicyclic) bond motifs is 1. The van der Waals surface area contributed by atoms with E-state index in [-0.39, 0.29) is 0 Å². The van der Waals surface area contributed by atoms with Crippen molar-refractivity contribution in [1.29, 1.82) is 0 Å². The molecule has 0 bridgehead atoms. The highest BCUT2D eigenvalue weighted by atomic mass is 32.1. The first kappa shape index (κ1) is 5.80. The van der Waals surface area contributed by atoms with Crippen LogP contribution in [0.5, 0.6) is 0 Å². The Morgan fingerprint density at radius 2 is 2.50 bits per heavy atom. The summed E-state index contributed by atoms with van der Waals surface area (Å²) in [5.41, 5.74) is 1.82. The van der Waals surface area contributed by atoms with Gasteiger partial charge in [0.25, 0.3) is 0 Å². The standard InChI is InChI=1S/C7H5N2S/c10-7-8-5-3-1-2-4-6(5)9-7/h1-3H,(H2,8,9,10). The molecule has 2 nitrogen and oxygen atoms in total. The zero-order chi connectivity index (χ0) is 6.97. The van der Waals surface area contributed by atoms with Gasteiger partial charge in [-0.3, -0.25) is 0 Å². The summed E-state index contributed by atoms with van der Waals surface area (Å²) in [6.45, 7) is 0. The van der Waals surface area contributed by atoms with Crippen LogP contribution < -0.4 is 0 Å². The van der Waals surface area contributed by atoms with Crippen molar-refractivity contribution in [1.82, 2.24) is 9.97 Å². The van der Waals surface area contributed by atoms with E-state index in [4.69, 9.17) is 0 Å². The Morgan fingerprint density at radius 1 is 1.60 bits per heavy atom. The molecule has 1 radical (unpaired) electrons. The van der Waals surface area contributed by atoms with E-state index in [0.717, 1.165) is 11.0 Å². The molecule has 0 atom stereocenters. The van der Waals surface area contributed by atoms with E-state index in [1.807, 2.05) is 18.2 Å². The van der Waals surface area contributed by atoms with Gasteiger partial charge in [-0.15, -0.1) is 12.6 Å². The molecule has 3 heteroatoms. The topological polar surface area (TPSA) is 28.7 Å². The Hall–Kier alpha value is -0.960. The molecule has 0 saturated carbocycles. The quantitative estimate of drug-likeness (QED) is 0.548. The summed E-state index contributed by atoms with van der Waals surface area (Å²) in [6, 6.07) is 8.66. The Labute approximate surface area is 63.7 Å². The highest BCUT2D eigenvalue weighted by molar-refractivity contribution is 7.80. The third-order valence-electron chi connectivity index (χ3n) is 1.30. The van der Waals surface area contributed by atoms with Crippen LogP contribution >= 0.6 is 12.6 Å². The number of thiol groups is 1. The van der Waals surface area contributed by atoms with Gasteiger partial charge in [0, 0.05) is 6.07 Å². The first-order valence-electron chi connectivity index (χ1n) is 2.91. The van der Waals surface area contributed by atoms with Gasteiger partial charge in [-0.25, -0.2) is 4.98 Å². The number of H-pyrrole nitrogens is 1. The summed E-state index contributed by atoms with van der Waals surface area (Å²) in [4.78, 5) is 7.05. The summed E-state index contributed by atoms with van der Waals surface area (Å²) in [5, 5.41) is 0.637. The van der Waals surface area contributed by atoms with Gasteiger partial charge >= 0.3 is 0 Å². The van der Waals surface area contributed by atoms with Crippen molar-refractivity contribution in [2.75, 3.05) is 0 Å². The molecule has 0 fully saturated rings. The molecule has 2 aromatic rings. The zero-order valence-corrected chi connectivity index (χ0v) is 6.02. The number of nitrogens with zero attached hydrogens (tertiary/aromatic N) is 1. The lowest BCUT2D eigenvalue weighted by atomic mass is 10.3. The molecule has 1 aromatic heterocycles. The maximum absolute atomic E-state index is 4.07. The largest absolute Gasteiger partial charge is 0.333 e. The molecule has 2 rings (SSSR count). The predicted octanol–water partition coefficient (Wildman–Crippen LogP) is 1.65. The third kappa shape index (κ3) is 0.789. The lowest BCUT2D eigenvalue weighted by Crippen LogP contribution is -1.64. The van der Waals surface area contributed by atoms with Crippen LogP contribution in [-0.4, -0.2) is 9.97 Å². The third-order valence-corrected chi connectivity index (χ3v) is 1.51. The van der Waals surface area contributed by atoms with Gasteiger partial charge in [-0.1, -0.05) is 12.1 Å². The van der Waals surface area contributed by atoms with E-state index >= 15 is 0 Å². The smallest absolute Gasteiger partial charge is 0.163 e. The normalized spacial score (nSPS) is 10.5. The highest BCUT2D eigenvalue weighted by Gasteiger charge is 1.95.